The maximum Gasteiger partial charge on any atom is 0.339 e. The van der Waals surface area contributed by atoms with Gasteiger partial charge in [-0.1, -0.05) is 11.6 Å². The van der Waals surface area contributed by atoms with Crippen molar-refractivity contribution in [3.63, 3.8) is 0 Å². The predicted octanol–water partition coefficient (Wildman–Crippen LogP) is 2.15. The molecule has 0 heterocycles. The van der Waals surface area contributed by atoms with E-state index in [2.05, 4.69) is 4.74 Å². The fourth-order valence-corrected chi connectivity index (χ4v) is 1.46. The molecule has 0 aliphatic carbocycles. The van der Waals surface area contributed by atoms with Gasteiger partial charge in [0.25, 0.3) is 0 Å². The Hall–Kier alpha value is -1.80. The molecule has 1 rings (SSSR count). The molecule has 0 radical (unpaired) electrons. The van der Waals surface area contributed by atoms with Crippen molar-refractivity contribution in [2.45, 2.75) is 0 Å². The van der Waals surface area contributed by atoms with Gasteiger partial charge in [0, 0.05) is 0 Å². The van der Waals surface area contributed by atoms with Crippen molar-refractivity contribution in [2.75, 3.05) is 14.2 Å². The molecule has 0 atom stereocenters. The highest BCUT2D eigenvalue weighted by Gasteiger charge is 2.22. The number of halogens is 2. The first-order chi connectivity index (χ1) is 7.56. The van der Waals surface area contributed by atoms with Gasteiger partial charge in [0.15, 0.2) is 5.75 Å². The third kappa shape index (κ3) is 1.92. The van der Waals surface area contributed by atoms with Crippen LogP contribution in [0.2, 0.25) is 5.02 Å². The van der Waals surface area contributed by atoms with Gasteiger partial charge in [0.1, 0.15) is 17.4 Å². The molecule has 84 valence electrons. The average molecular weight is 244 g/mol. The van der Waals surface area contributed by atoms with Crippen molar-refractivity contribution < 1.29 is 18.7 Å². The second kappa shape index (κ2) is 4.81. The van der Waals surface area contributed by atoms with Crippen LogP contribution in [-0.4, -0.2) is 20.2 Å². The molecule has 1 aromatic carbocycles. The van der Waals surface area contributed by atoms with Crippen LogP contribution < -0.4 is 4.74 Å². The lowest BCUT2D eigenvalue weighted by Gasteiger charge is -2.09. The Morgan fingerprint density at radius 3 is 2.62 bits per heavy atom. The van der Waals surface area contributed by atoms with E-state index in [4.69, 9.17) is 21.6 Å². The van der Waals surface area contributed by atoms with E-state index >= 15 is 0 Å². The smallest absolute Gasteiger partial charge is 0.339 e. The Balaban J connectivity index is 3.53. The normalized spacial score (nSPS) is 9.44. The van der Waals surface area contributed by atoms with Crippen molar-refractivity contribution in [3.05, 3.63) is 28.0 Å². The molecule has 0 N–H and O–H groups in total. The SMILES string of the molecule is COC(=O)c1cc(F)c(C#N)c(OC)c1Cl. The first-order valence-electron chi connectivity index (χ1n) is 4.11. The highest BCUT2D eigenvalue weighted by atomic mass is 35.5. The van der Waals surface area contributed by atoms with Gasteiger partial charge in [0.2, 0.25) is 0 Å². The molecule has 4 nitrogen and oxygen atoms in total. The zero-order valence-corrected chi connectivity index (χ0v) is 9.26. The summed E-state index contributed by atoms with van der Waals surface area (Å²) in [5.74, 6) is -1.86. The summed E-state index contributed by atoms with van der Waals surface area (Å²) in [5, 5.41) is 8.55. The van der Waals surface area contributed by atoms with E-state index < -0.39 is 11.8 Å². The maximum atomic E-state index is 13.4. The van der Waals surface area contributed by atoms with E-state index in [1.807, 2.05) is 0 Å². The van der Waals surface area contributed by atoms with Crippen LogP contribution in [0.15, 0.2) is 6.07 Å². The molecule has 1 aromatic rings. The molecule has 0 saturated carbocycles. The largest absolute Gasteiger partial charge is 0.494 e. The number of nitrogens with zero attached hydrogens (tertiary/aromatic N) is 1. The lowest BCUT2D eigenvalue weighted by molar-refractivity contribution is 0.0600. The van der Waals surface area contributed by atoms with Gasteiger partial charge < -0.3 is 9.47 Å². The summed E-state index contributed by atoms with van der Waals surface area (Å²) in [7, 11) is 2.36. The molecule has 0 saturated heterocycles. The number of esters is 1. The minimum atomic E-state index is -0.885. The molecule has 0 aromatic heterocycles. The summed E-state index contributed by atoms with van der Waals surface area (Å²) in [5.41, 5.74) is -0.530. The van der Waals surface area contributed by atoms with Crippen molar-refractivity contribution in [1.29, 1.82) is 5.26 Å². The van der Waals surface area contributed by atoms with Gasteiger partial charge in [-0.3, -0.25) is 0 Å². The lowest BCUT2D eigenvalue weighted by atomic mass is 10.1. The number of hydrogen-bond acceptors (Lipinski definition) is 4. The van der Waals surface area contributed by atoms with Gasteiger partial charge in [-0.15, -0.1) is 0 Å². The van der Waals surface area contributed by atoms with E-state index in [-0.39, 0.29) is 21.9 Å². The molecule has 0 aliphatic rings. The number of benzene rings is 1. The summed E-state index contributed by atoms with van der Waals surface area (Å²) in [6.07, 6.45) is 0. The third-order valence-electron chi connectivity index (χ3n) is 1.89. The van der Waals surface area contributed by atoms with Gasteiger partial charge in [-0.05, 0) is 6.07 Å². The molecular formula is C10H7ClFNO3. The number of hydrogen-bond donors (Lipinski definition) is 0. The van der Waals surface area contributed by atoms with Crippen LogP contribution in [0, 0.1) is 17.1 Å². The average Bonchev–Trinajstić information content (AvgIpc) is 2.29. The van der Waals surface area contributed by atoms with Crippen LogP contribution >= 0.6 is 11.6 Å². The second-order valence-electron chi connectivity index (χ2n) is 2.73. The van der Waals surface area contributed by atoms with Crippen LogP contribution in [0.5, 0.6) is 5.75 Å². The molecule has 6 heteroatoms. The highest BCUT2D eigenvalue weighted by Crippen LogP contribution is 2.33. The van der Waals surface area contributed by atoms with Crippen molar-refractivity contribution >= 4 is 17.6 Å². The molecule has 0 spiro atoms. The predicted molar refractivity (Wildman–Crippen MR) is 54.0 cm³/mol. The van der Waals surface area contributed by atoms with Crippen LogP contribution in [0.25, 0.3) is 0 Å². The summed E-state index contributed by atoms with van der Waals surface area (Å²) < 4.78 is 22.6. The summed E-state index contributed by atoms with van der Waals surface area (Å²) in [6, 6.07) is 2.45. The van der Waals surface area contributed by atoms with E-state index in [1.165, 1.54) is 7.11 Å². The van der Waals surface area contributed by atoms with E-state index in [0.717, 1.165) is 13.2 Å². The van der Waals surface area contributed by atoms with Crippen molar-refractivity contribution in [1.82, 2.24) is 0 Å². The minimum absolute atomic E-state index is 0.146. The summed E-state index contributed by atoms with van der Waals surface area (Å²) in [4.78, 5) is 11.2. The van der Waals surface area contributed by atoms with Crippen LogP contribution in [-0.2, 0) is 4.74 Å². The fourth-order valence-electron chi connectivity index (χ4n) is 1.16. The molecule has 0 amide bonds. The Bertz CT molecular complexity index is 482. The Kier molecular flexibility index (Phi) is 3.69. The standard InChI is InChI=1S/C10H7ClFNO3/c1-15-9-6(4-13)7(12)3-5(8(9)11)10(14)16-2/h3H,1-2H3. The molecule has 0 fully saturated rings. The van der Waals surface area contributed by atoms with Gasteiger partial charge >= 0.3 is 5.97 Å². The van der Waals surface area contributed by atoms with Crippen LogP contribution in [0.1, 0.15) is 15.9 Å². The maximum absolute atomic E-state index is 13.4. The molecular weight excluding hydrogens is 237 g/mol. The second-order valence-corrected chi connectivity index (χ2v) is 3.11. The molecule has 16 heavy (non-hydrogen) atoms. The van der Waals surface area contributed by atoms with E-state index in [1.54, 1.807) is 6.07 Å². The first-order valence-corrected chi connectivity index (χ1v) is 4.49. The van der Waals surface area contributed by atoms with Gasteiger partial charge in [-0.2, -0.15) is 5.26 Å². The number of carbonyl (C=O) groups excluding carboxylic acids is 1. The summed E-state index contributed by atoms with van der Waals surface area (Å²) in [6.45, 7) is 0. The first kappa shape index (κ1) is 12.3. The van der Waals surface area contributed by atoms with Crippen molar-refractivity contribution in [3.8, 4) is 11.8 Å². The third-order valence-corrected chi connectivity index (χ3v) is 2.27. The zero-order chi connectivity index (χ0) is 12.3. The Labute approximate surface area is 96.1 Å². The minimum Gasteiger partial charge on any atom is -0.494 e. The van der Waals surface area contributed by atoms with Crippen molar-refractivity contribution in [2.24, 2.45) is 0 Å². The number of ether oxygens (including phenoxy) is 2. The number of carbonyl (C=O) groups is 1. The zero-order valence-electron chi connectivity index (χ0n) is 8.51. The highest BCUT2D eigenvalue weighted by molar-refractivity contribution is 6.35. The Morgan fingerprint density at radius 2 is 2.19 bits per heavy atom. The number of nitriles is 1. The quantitative estimate of drug-likeness (QED) is 0.747. The van der Waals surface area contributed by atoms with Gasteiger partial charge in [0.05, 0.1) is 24.8 Å². The van der Waals surface area contributed by atoms with Crippen LogP contribution in [0.3, 0.4) is 0 Å². The number of methoxy groups -OCH3 is 2. The van der Waals surface area contributed by atoms with Gasteiger partial charge in [-0.25, -0.2) is 9.18 Å². The molecule has 0 bridgehead atoms. The number of rotatable bonds is 2. The fraction of sp³-hybridized carbons (Fsp3) is 0.200. The monoisotopic (exact) mass is 243 g/mol. The topological polar surface area (TPSA) is 59.3 Å². The summed E-state index contributed by atoms with van der Waals surface area (Å²) >= 11 is 5.79. The Morgan fingerprint density at radius 1 is 1.56 bits per heavy atom. The molecule has 0 unspecified atom stereocenters. The lowest BCUT2D eigenvalue weighted by Crippen LogP contribution is -2.06. The molecule has 0 aliphatic heterocycles. The van der Waals surface area contributed by atoms with E-state index in [9.17, 15) is 9.18 Å². The van der Waals surface area contributed by atoms with Crippen LogP contribution in [0.4, 0.5) is 4.39 Å². The van der Waals surface area contributed by atoms with E-state index in [0.29, 0.717) is 0 Å².